The summed E-state index contributed by atoms with van der Waals surface area (Å²) in [6.07, 6.45) is -4.36. The maximum Gasteiger partial charge on any atom is 0.416 e. The average Bonchev–Trinajstić information content (AvgIpc) is 2.69. The molecule has 2 aromatic carbocycles. The molecule has 29 heavy (non-hydrogen) atoms. The zero-order valence-corrected chi connectivity index (χ0v) is 16.1. The van der Waals surface area contributed by atoms with E-state index in [0.717, 1.165) is 17.7 Å². The molecule has 2 aromatic rings. The molecule has 0 spiro atoms. The van der Waals surface area contributed by atoms with Crippen molar-refractivity contribution < 1.29 is 22.4 Å². The van der Waals surface area contributed by atoms with Gasteiger partial charge < -0.3 is 9.80 Å². The summed E-state index contributed by atoms with van der Waals surface area (Å²) in [7, 11) is 1.70. The van der Waals surface area contributed by atoms with Crippen LogP contribution in [0.5, 0.6) is 0 Å². The molecule has 4 nitrogen and oxygen atoms in total. The summed E-state index contributed by atoms with van der Waals surface area (Å²) in [6.45, 7) is 2.92. The van der Waals surface area contributed by atoms with Crippen molar-refractivity contribution in [3.8, 4) is 0 Å². The number of halogens is 4. The summed E-state index contributed by atoms with van der Waals surface area (Å²) in [5.41, 5.74) is 0.728. The van der Waals surface area contributed by atoms with E-state index in [0.29, 0.717) is 38.4 Å². The molecule has 1 heterocycles. The molecular formula is C21H23F4N3O. The molecule has 0 aliphatic carbocycles. The summed E-state index contributed by atoms with van der Waals surface area (Å²) in [5, 5.41) is 0. The molecule has 1 saturated heterocycles. The quantitative estimate of drug-likeness (QED) is 0.706. The Morgan fingerprint density at radius 3 is 2.31 bits per heavy atom. The minimum absolute atomic E-state index is 0.0538. The Morgan fingerprint density at radius 2 is 1.69 bits per heavy atom. The van der Waals surface area contributed by atoms with E-state index >= 15 is 0 Å². The SMILES string of the molecule is CN(Cc1ccc(F)cc1)C(=O)CN1CCN(c2cccc(C(F)(F)F)c2)CC1. The summed E-state index contributed by atoms with van der Waals surface area (Å²) in [4.78, 5) is 17.9. The van der Waals surface area contributed by atoms with Crippen LogP contribution in [0.2, 0.25) is 0 Å². The number of rotatable bonds is 5. The van der Waals surface area contributed by atoms with Crippen LogP contribution in [0.25, 0.3) is 0 Å². The van der Waals surface area contributed by atoms with Gasteiger partial charge in [-0.1, -0.05) is 18.2 Å². The van der Waals surface area contributed by atoms with Gasteiger partial charge in [0.2, 0.25) is 5.91 Å². The molecule has 3 rings (SSSR count). The van der Waals surface area contributed by atoms with Gasteiger partial charge in [0.05, 0.1) is 12.1 Å². The van der Waals surface area contributed by atoms with Crippen LogP contribution in [-0.4, -0.2) is 55.5 Å². The van der Waals surface area contributed by atoms with E-state index in [2.05, 4.69) is 0 Å². The fraction of sp³-hybridized carbons (Fsp3) is 0.381. The van der Waals surface area contributed by atoms with Gasteiger partial charge in [0.15, 0.2) is 0 Å². The number of carbonyl (C=O) groups excluding carboxylic acids is 1. The highest BCUT2D eigenvalue weighted by molar-refractivity contribution is 5.78. The summed E-state index contributed by atoms with van der Waals surface area (Å²) < 4.78 is 51.7. The van der Waals surface area contributed by atoms with Gasteiger partial charge in [-0.25, -0.2) is 4.39 Å². The van der Waals surface area contributed by atoms with Gasteiger partial charge in [0.1, 0.15) is 5.82 Å². The van der Waals surface area contributed by atoms with E-state index in [1.165, 1.54) is 18.2 Å². The Hall–Kier alpha value is -2.61. The standard InChI is InChI=1S/C21H23F4N3O/c1-26(14-16-5-7-18(22)8-6-16)20(29)15-27-9-11-28(12-10-27)19-4-2-3-17(13-19)21(23,24)25/h2-8,13H,9-12,14-15H2,1H3. The minimum Gasteiger partial charge on any atom is -0.369 e. The Bertz CT molecular complexity index is 831. The third-order valence-corrected chi connectivity index (χ3v) is 5.03. The first kappa shape index (κ1) is 21.1. The maximum atomic E-state index is 13.0. The molecule has 0 aromatic heterocycles. The second-order valence-electron chi connectivity index (χ2n) is 7.19. The first-order chi connectivity index (χ1) is 13.7. The van der Waals surface area contributed by atoms with Gasteiger partial charge in [0, 0.05) is 45.5 Å². The molecule has 0 N–H and O–H groups in total. The van der Waals surface area contributed by atoms with Gasteiger partial charge in [-0.05, 0) is 35.9 Å². The number of alkyl halides is 3. The molecule has 0 unspecified atom stereocenters. The molecule has 1 fully saturated rings. The first-order valence-electron chi connectivity index (χ1n) is 9.35. The zero-order valence-electron chi connectivity index (χ0n) is 16.1. The van der Waals surface area contributed by atoms with E-state index in [4.69, 9.17) is 0 Å². The second kappa shape index (κ2) is 8.82. The number of likely N-dealkylation sites (N-methyl/N-ethyl adjacent to an activating group) is 1. The Kier molecular flexibility index (Phi) is 6.42. The minimum atomic E-state index is -4.36. The Balaban J connectivity index is 1.50. The van der Waals surface area contributed by atoms with Gasteiger partial charge >= 0.3 is 6.18 Å². The van der Waals surface area contributed by atoms with E-state index in [1.54, 1.807) is 30.1 Å². The predicted molar refractivity (Wildman–Crippen MR) is 103 cm³/mol. The summed E-state index contributed by atoms with van der Waals surface area (Å²) in [6, 6.07) is 11.3. The van der Waals surface area contributed by atoms with Gasteiger partial charge in [0.25, 0.3) is 0 Å². The average molecular weight is 409 g/mol. The molecule has 0 atom stereocenters. The van der Waals surface area contributed by atoms with Crippen LogP contribution in [0.4, 0.5) is 23.2 Å². The number of hydrogen-bond donors (Lipinski definition) is 0. The molecule has 156 valence electrons. The molecule has 0 bridgehead atoms. The molecule has 0 saturated carbocycles. The zero-order chi connectivity index (χ0) is 21.0. The lowest BCUT2D eigenvalue weighted by atomic mass is 10.1. The highest BCUT2D eigenvalue weighted by Gasteiger charge is 2.31. The fourth-order valence-corrected chi connectivity index (χ4v) is 3.31. The Labute approximate surface area is 167 Å². The first-order valence-corrected chi connectivity index (χ1v) is 9.35. The number of amides is 1. The van der Waals surface area contributed by atoms with E-state index in [9.17, 15) is 22.4 Å². The lowest BCUT2D eigenvalue weighted by Crippen LogP contribution is -2.49. The second-order valence-corrected chi connectivity index (χ2v) is 7.19. The maximum absolute atomic E-state index is 13.0. The van der Waals surface area contributed by atoms with E-state index in [1.807, 2.05) is 9.80 Å². The molecular weight excluding hydrogens is 386 g/mol. The van der Waals surface area contributed by atoms with Crippen LogP contribution in [0, 0.1) is 5.82 Å². The van der Waals surface area contributed by atoms with Gasteiger partial charge in [-0.2, -0.15) is 13.2 Å². The largest absolute Gasteiger partial charge is 0.416 e. The number of hydrogen-bond acceptors (Lipinski definition) is 3. The van der Waals surface area contributed by atoms with Crippen LogP contribution in [0.1, 0.15) is 11.1 Å². The van der Waals surface area contributed by atoms with Crippen molar-refractivity contribution in [2.24, 2.45) is 0 Å². The monoisotopic (exact) mass is 409 g/mol. The molecule has 1 aliphatic heterocycles. The van der Waals surface area contributed by atoms with Crippen molar-refractivity contribution in [3.05, 3.63) is 65.5 Å². The van der Waals surface area contributed by atoms with E-state index < -0.39 is 11.7 Å². The summed E-state index contributed by atoms with van der Waals surface area (Å²) in [5.74, 6) is -0.372. The third kappa shape index (κ3) is 5.69. The molecule has 1 amide bonds. The molecule has 8 heteroatoms. The van der Waals surface area contributed by atoms with Gasteiger partial charge in [-0.15, -0.1) is 0 Å². The van der Waals surface area contributed by atoms with Crippen molar-refractivity contribution >= 4 is 11.6 Å². The normalized spacial score (nSPS) is 15.4. The number of carbonyl (C=O) groups is 1. The van der Waals surface area contributed by atoms with Gasteiger partial charge in [-0.3, -0.25) is 9.69 Å². The molecule has 1 aliphatic rings. The van der Waals surface area contributed by atoms with E-state index in [-0.39, 0.29) is 18.3 Å². The lowest BCUT2D eigenvalue weighted by Gasteiger charge is -2.36. The Morgan fingerprint density at radius 1 is 1.03 bits per heavy atom. The predicted octanol–water partition coefficient (Wildman–Crippen LogP) is 3.63. The fourth-order valence-electron chi connectivity index (χ4n) is 3.31. The topological polar surface area (TPSA) is 26.8 Å². The molecule has 0 radical (unpaired) electrons. The highest BCUT2D eigenvalue weighted by Crippen LogP contribution is 2.31. The van der Waals surface area contributed by atoms with Crippen LogP contribution >= 0.6 is 0 Å². The van der Waals surface area contributed by atoms with Crippen molar-refractivity contribution in [1.82, 2.24) is 9.80 Å². The van der Waals surface area contributed by atoms with Crippen LogP contribution in [-0.2, 0) is 17.5 Å². The van der Waals surface area contributed by atoms with Crippen molar-refractivity contribution in [1.29, 1.82) is 0 Å². The summed E-state index contributed by atoms with van der Waals surface area (Å²) >= 11 is 0. The lowest BCUT2D eigenvalue weighted by molar-refractivity contribution is -0.137. The number of anilines is 1. The smallest absolute Gasteiger partial charge is 0.369 e. The number of piperazine rings is 1. The van der Waals surface area contributed by atoms with Crippen molar-refractivity contribution in [2.75, 3.05) is 44.7 Å². The highest BCUT2D eigenvalue weighted by atomic mass is 19.4. The van der Waals surface area contributed by atoms with Crippen molar-refractivity contribution in [3.63, 3.8) is 0 Å². The van der Waals surface area contributed by atoms with Crippen LogP contribution in [0.3, 0.4) is 0 Å². The van der Waals surface area contributed by atoms with Crippen LogP contribution < -0.4 is 4.90 Å². The van der Waals surface area contributed by atoms with Crippen molar-refractivity contribution in [2.45, 2.75) is 12.7 Å². The number of benzene rings is 2. The third-order valence-electron chi connectivity index (χ3n) is 5.03. The van der Waals surface area contributed by atoms with Crippen LogP contribution in [0.15, 0.2) is 48.5 Å². The number of nitrogens with zero attached hydrogens (tertiary/aromatic N) is 3.